The van der Waals surface area contributed by atoms with Gasteiger partial charge in [-0.2, -0.15) is 4.98 Å². The number of aryl methyl sites for hydroxylation is 2. The molecule has 2 aliphatic rings. The molecule has 5 N–H and O–H groups in total. The number of aromatic nitrogens is 4. The number of aliphatic carboxylic acids is 1. The average molecular weight is 390 g/mol. The van der Waals surface area contributed by atoms with E-state index in [2.05, 4.69) is 9.97 Å². The van der Waals surface area contributed by atoms with E-state index in [1.54, 1.807) is 12.1 Å². The van der Waals surface area contributed by atoms with Gasteiger partial charge in [0.25, 0.3) is 5.56 Å². The molecule has 0 aliphatic carbocycles. The van der Waals surface area contributed by atoms with Crippen LogP contribution in [0.15, 0.2) is 21.7 Å². The molecule has 28 heavy (non-hydrogen) atoms. The van der Waals surface area contributed by atoms with Crippen LogP contribution < -0.4 is 11.2 Å². The minimum atomic E-state index is -2.22. The molecule has 1 aromatic rings. The molecule has 0 saturated heterocycles. The predicted octanol–water partition coefficient (Wildman–Crippen LogP) is -1.63. The first kappa shape index (κ1) is 19.6. The summed E-state index contributed by atoms with van der Waals surface area (Å²) in [4.78, 5) is 44.7. The number of H-pyrrole nitrogens is 1. The molecule has 0 spiro atoms. The lowest BCUT2D eigenvalue weighted by molar-refractivity contribution is -0.158. The standard InChI is InChI=1S/C17H18N4O7/c1-6-3-8-9(4-7(6)2)21(5-10(22)12(23)13(24)16(26)27)14-11(18-8)15(25)20-17(28)19-14/h3-4,10,12-13,22-24H,5H2,1-2H3,(H,26,27)(H,20,25,28)/t10-,12-,13-/m0/s1. The molecule has 0 bridgehead atoms. The fourth-order valence-electron chi connectivity index (χ4n) is 2.89. The Labute approximate surface area is 156 Å². The quantitative estimate of drug-likeness (QED) is 0.320. The van der Waals surface area contributed by atoms with E-state index in [0.29, 0.717) is 11.0 Å². The van der Waals surface area contributed by atoms with Gasteiger partial charge in [-0.1, -0.05) is 0 Å². The summed E-state index contributed by atoms with van der Waals surface area (Å²) in [7, 11) is 0. The minimum absolute atomic E-state index is 0.138. The number of carbonyl (C=O) groups is 1. The maximum atomic E-state index is 12.2. The van der Waals surface area contributed by atoms with Gasteiger partial charge in [-0.25, -0.2) is 14.6 Å². The van der Waals surface area contributed by atoms with Crippen LogP contribution in [0, 0.1) is 13.8 Å². The number of carboxylic acids is 1. The molecule has 0 amide bonds. The third-order valence-electron chi connectivity index (χ3n) is 4.56. The number of aliphatic hydroxyl groups excluding tert-OH is 3. The number of nitrogens with zero attached hydrogens (tertiary/aromatic N) is 3. The number of fused-ring (bicyclic) bond motifs is 2. The van der Waals surface area contributed by atoms with Crippen LogP contribution in [0.3, 0.4) is 0 Å². The third kappa shape index (κ3) is 3.38. The number of benzene rings is 1. The SMILES string of the molecule is Cc1cc2nc3c(=O)[nH]c(=O)nc-3n(C[C@H](O)[C@H](O)[C@H](O)C(=O)O)c2cc1C. The van der Waals surface area contributed by atoms with Gasteiger partial charge in [-0.15, -0.1) is 0 Å². The van der Waals surface area contributed by atoms with Gasteiger partial charge in [-0.3, -0.25) is 9.78 Å². The average Bonchev–Trinajstić information content (AvgIpc) is 2.62. The Hall–Kier alpha value is -3.15. The maximum absolute atomic E-state index is 12.2. The lowest BCUT2D eigenvalue weighted by atomic mass is 10.1. The molecule has 1 aromatic carbocycles. The monoisotopic (exact) mass is 390 g/mol. The molecule has 3 rings (SSSR count). The first-order valence-electron chi connectivity index (χ1n) is 8.29. The summed E-state index contributed by atoms with van der Waals surface area (Å²) in [5.74, 6) is -1.84. The van der Waals surface area contributed by atoms with E-state index in [1.807, 2.05) is 18.8 Å². The summed E-state index contributed by atoms with van der Waals surface area (Å²) in [6.07, 6.45) is -5.96. The van der Waals surface area contributed by atoms with Crippen LogP contribution in [0.2, 0.25) is 0 Å². The lowest BCUT2D eigenvalue weighted by Crippen LogP contribution is -2.44. The normalized spacial score (nSPS) is 14.9. The zero-order valence-corrected chi connectivity index (χ0v) is 14.9. The van der Waals surface area contributed by atoms with E-state index in [-0.39, 0.29) is 11.5 Å². The van der Waals surface area contributed by atoms with E-state index >= 15 is 0 Å². The smallest absolute Gasteiger partial charge is 0.349 e. The largest absolute Gasteiger partial charge is 0.479 e. The van der Waals surface area contributed by atoms with Crippen molar-refractivity contribution in [1.82, 2.24) is 19.5 Å². The van der Waals surface area contributed by atoms with Crippen molar-refractivity contribution in [1.29, 1.82) is 0 Å². The van der Waals surface area contributed by atoms with Gasteiger partial charge in [0.05, 0.1) is 17.6 Å². The van der Waals surface area contributed by atoms with Crippen molar-refractivity contribution in [2.24, 2.45) is 0 Å². The highest BCUT2D eigenvalue weighted by atomic mass is 16.4. The van der Waals surface area contributed by atoms with E-state index in [1.165, 1.54) is 4.57 Å². The van der Waals surface area contributed by atoms with Gasteiger partial charge < -0.3 is 25.0 Å². The van der Waals surface area contributed by atoms with Crippen LogP contribution in [0.1, 0.15) is 11.1 Å². The van der Waals surface area contributed by atoms with Crippen molar-refractivity contribution in [2.45, 2.75) is 38.7 Å². The topological polar surface area (TPSA) is 179 Å². The summed E-state index contributed by atoms with van der Waals surface area (Å²) in [5.41, 5.74) is 0.677. The van der Waals surface area contributed by atoms with Crippen molar-refractivity contribution >= 4 is 17.0 Å². The number of aliphatic hydroxyl groups is 3. The van der Waals surface area contributed by atoms with Crippen molar-refractivity contribution in [3.8, 4) is 11.5 Å². The van der Waals surface area contributed by atoms with Crippen molar-refractivity contribution in [3.05, 3.63) is 44.1 Å². The highest BCUT2D eigenvalue weighted by molar-refractivity contribution is 5.81. The summed E-state index contributed by atoms with van der Waals surface area (Å²) in [6, 6.07) is 3.41. The molecule has 3 atom stereocenters. The zero-order chi connectivity index (χ0) is 20.7. The zero-order valence-electron chi connectivity index (χ0n) is 14.9. The Morgan fingerprint density at radius 3 is 2.43 bits per heavy atom. The Morgan fingerprint density at radius 2 is 1.79 bits per heavy atom. The van der Waals surface area contributed by atoms with Crippen LogP contribution in [-0.4, -0.2) is 64.2 Å². The molecule has 2 heterocycles. The molecule has 0 radical (unpaired) electrons. The van der Waals surface area contributed by atoms with E-state index in [0.717, 1.165) is 11.1 Å². The molecule has 0 fully saturated rings. The lowest BCUT2D eigenvalue weighted by Gasteiger charge is -2.24. The van der Waals surface area contributed by atoms with Gasteiger partial charge >= 0.3 is 11.7 Å². The van der Waals surface area contributed by atoms with Gasteiger partial charge in [0.2, 0.25) is 0 Å². The highest BCUT2D eigenvalue weighted by Crippen LogP contribution is 2.24. The second-order valence-corrected chi connectivity index (χ2v) is 6.53. The minimum Gasteiger partial charge on any atom is -0.479 e. The molecule has 0 unspecified atom stereocenters. The molecule has 2 aliphatic heterocycles. The molecule has 11 heteroatoms. The Kier molecular flexibility index (Phi) is 4.98. The second kappa shape index (κ2) is 7.11. The van der Waals surface area contributed by atoms with Crippen molar-refractivity contribution in [2.75, 3.05) is 0 Å². The number of nitrogens with one attached hydrogen (secondary N) is 1. The fourth-order valence-corrected chi connectivity index (χ4v) is 2.89. The van der Waals surface area contributed by atoms with Crippen molar-refractivity contribution in [3.63, 3.8) is 0 Å². The van der Waals surface area contributed by atoms with Crippen LogP contribution in [0.4, 0.5) is 0 Å². The highest BCUT2D eigenvalue weighted by Gasteiger charge is 2.31. The summed E-state index contributed by atoms with van der Waals surface area (Å²) in [6.45, 7) is 3.22. The second-order valence-electron chi connectivity index (χ2n) is 6.53. The summed E-state index contributed by atoms with van der Waals surface area (Å²) in [5, 5.41) is 38.5. The van der Waals surface area contributed by atoms with Crippen LogP contribution in [-0.2, 0) is 11.3 Å². The first-order valence-corrected chi connectivity index (χ1v) is 8.29. The Balaban J connectivity index is 2.25. The van der Waals surface area contributed by atoms with Gasteiger partial charge in [0.1, 0.15) is 12.2 Å². The summed E-state index contributed by atoms with van der Waals surface area (Å²) >= 11 is 0. The molecular formula is C17H18N4O7. The van der Waals surface area contributed by atoms with Crippen LogP contribution in [0.25, 0.3) is 22.6 Å². The van der Waals surface area contributed by atoms with E-state index in [4.69, 9.17) is 5.11 Å². The molecular weight excluding hydrogens is 372 g/mol. The molecule has 0 saturated carbocycles. The number of carboxylic acid groups (broad SMARTS) is 1. The van der Waals surface area contributed by atoms with Gasteiger partial charge in [0.15, 0.2) is 17.6 Å². The number of hydrogen-bond donors (Lipinski definition) is 5. The van der Waals surface area contributed by atoms with Crippen LogP contribution in [0.5, 0.6) is 0 Å². The summed E-state index contributed by atoms with van der Waals surface area (Å²) < 4.78 is 1.29. The fraction of sp³-hybridized carbons (Fsp3) is 0.353. The van der Waals surface area contributed by atoms with Crippen LogP contribution >= 0.6 is 0 Å². The van der Waals surface area contributed by atoms with Gasteiger partial charge in [-0.05, 0) is 37.1 Å². The third-order valence-corrected chi connectivity index (χ3v) is 4.56. The molecule has 0 aromatic heterocycles. The number of aromatic amines is 1. The molecule has 148 valence electrons. The first-order chi connectivity index (χ1) is 13.1. The van der Waals surface area contributed by atoms with Crippen molar-refractivity contribution < 1.29 is 25.2 Å². The maximum Gasteiger partial charge on any atom is 0.349 e. The Bertz CT molecular complexity index is 1150. The van der Waals surface area contributed by atoms with E-state index in [9.17, 15) is 29.7 Å². The number of rotatable bonds is 5. The Morgan fingerprint density at radius 1 is 1.14 bits per heavy atom. The molecule has 11 nitrogen and oxygen atoms in total. The van der Waals surface area contributed by atoms with E-state index < -0.39 is 42.1 Å². The predicted molar refractivity (Wildman–Crippen MR) is 96.2 cm³/mol. The van der Waals surface area contributed by atoms with Gasteiger partial charge in [0, 0.05) is 0 Å². The number of hydrogen-bond acceptors (Lipinski definition) is 8.